The van der Waals surface area contributed by atoms with Crippen LogP contribution in [0.1, 0.15) is 19.8 Å². The number of nitrogen functional groups attached to an aromatic ring is 1. The van der Waals surface area contributed by atoms with E-state index in [2.05, 4.69) is 12.2 Å². The van der Waals surface area contributed by atoms with Crippen molar-refractivity contribution in [2.24, 2.45) is 0 Å². The van der Waals surface area contributed by atoms with Crippen molar-refractivity contribution < 1.29 is 9.13 Å². The van der Waals surface area contributed by atoms with Gasteiger partial charge >= 0.3 is 0 Å². The van der Waals surface area contributed by atoms with Gasteiger partial charge in [0.15, 0.2) is 0 Å². The second-order valence-corrected chi connectivity index (χ2v) is 5.10. The zero-order valence-corrected chi connectivity index (χ0v) is 12.3. The van der Waals surface area contributed by atoms with Gasteiger partial charge in [0.2, 0.25) is 0 Å². The van der Waals surface area contributed by atoms with E-state index < -0.39 is 0 Å². The molecule has 0 spiro atoms. The van der Waals surface area contributed by atoms with Crippen LogP contribution in [0, 0.1) is 9.39 Å². The molecule has 5 heteroatoms. The van der Waals surface area contributed by atoms with E-state index in [0.29, 0.717) is 21.6 Å². The molecular formula is C12H18FIN2O. The third kappa shape index (κ3) is 4.31. The Morgan fingerprint density at radius 3 is 2.82 bits per heavy atom. The molecule has 3 nitrogen and oxygen atoms in total. The molecule has 1 atom stereocenters. The number of halogens is 2. The fraction of sp³-hybridized carbons (Fsp3) is 0.500. The summed E-state index contributed by atoms with van der Waals surface area (Å²) in [7, 11) is 1.65. The average molecular weight is 352 g/mol. The van der Waals surface area contributed by atoms with Gasteiger partial charge in [0.1, 0.15) is 5.82 Å². The summed E-state index contributed by atoms with van der Waals surface area (Å²) in [5.41, 5.74) is 7.06. The molecule has 0 aliphatic rings. The molecule has 3 N–H and O–H groups in total. The van der Waals surface area contributed by atoms with E-state index in [0.717, 1.165) is 12.8 Å². The van der Waals surface area contributed by atoms with E-state index in [4.69, 9.17) is 10.5 Å². The predicted molar refractivity (Wildman–Crippen MR) is 77.7 cm³/mol. The van der Waals surface area contributed by atoms with Gasteiger partial charge in [-0.1, -0.05) is 13.3 Å². The van der Waals surface area contributed by atoms with E-state index in [9.17, 15) is 4.39 Å². The quantitative estimate of drug-likeness (QED) is 0.610. The lowest BCUT2D eigenvalue weighted by Gasteiger charge is -2.20. The highest BCUT2D eigenvalue weighted by atomic mass is 127. The highest BCUT2D eigenvalue weighted by Gasteiger charge is 2.11. The topological polar surface area (TPSA) is 47.3 Å². The largest absolute Gasteiger partial charge is 0.397 e. The van der Waals surface area contributed by atoms with E-state index in [-0.39, 0.29) is 11.9 Å². The molecule has 17 heavy (non-hydrogen) atoms. The van der Waals surface area contributed by atoms with Gasteiger partial charge in [-0.2, -0.15) is 0 Å². The van der Waals surface area contributed by atoms with Crippen LogP contribution < -0.4 is 11.1 Å². The molecule has 96 valence electrons. The summed E-state index contributed by atoms with van der Waals surface area (Å²) >= 11 is 1.93. The molecule has 1 rings (SSSR count). The molecule has 1 unspecified atom stereocenters. The van der Waals surface area contributed by atoms with E-state index in [1.54, 1.807) is 13.2 Å². The van der Waals surface area contributed by atoms with Crippen molar-refractivity contribution in [2.45, 2.75) is 25.8 Å². The molecule has 1 aromatic rings. The molecule has 0 saturated carbocycles. The first kappa shape index (κ1) is 14.5. The van der Waals surface area contributed by atoms with E-state index in [1.807, 2.05) is 22.6 Å². The number of nitrogens with two attached hydrogens (primary N) is 1. The molecule has 0 radical (unpaired) electrons. The first-order chi connectivity index (χ1) is 8.08. The van der Waals surface area contributed by atoms with Crippen molar-refractivity contribution in [3.05, 3.63) is 21.5 Å². The first-order valence-electron chi connectivity index (χ1n) is 5.58. The van der Waals surface area contributed by atoms with E-state index >= 15 is 0 Å². The van der Waals surface area contributed by atoms with Gasteiger partial charge in [0.05, 0.1) is 21.6 Å². The van der Waals surface area contributed by atoms with Gasteiger partial charge in [0, 0.05) is 19.2 Å². The van der Waals surface area contributed by atoms with Gasteiger partial charge in [-0.15, -0.1) is 0 Å². The third-order valence-corrected chi connectivity index (χ3v) is 3.28. The average Bonchev–Trinajstić information content (AvgIpc) is 2.26. The third-order valence-electron chi connectivity index (χ3n) is 2.46. The van der Waals surface area contributed by atoms with Crippen LogP contribution in [0.3, 0.4) is 0 Å². The van der Waals surface area contributed by atoms with Crippen LogP contribution in [0.2, 0.25) is 0 Å². The van der Waals surface area contributed by atoms with Crippen LogP contribution in [-0.4, -0.2) is 19.8 Å². The van der Waals surface area contributed by atoms with Crippen LogP contribution in [0.25, 0.3) is 0 Å². The number of benzene rings is 1. The molecular weight excluding hydrogens is 334 g/mol. The monoisotopic (exact) mass is 352 g/mol. The summed E-state index contributed by atoms with van der Waals surface area (Å²) in [6.07, 6.45) is 1.99. The Balaban J connectivity index is 2.81. The normalized spacial score (nSPS) is 12.5. The SMILES string of the molecule is CCCC(COC)Nc1cc(F)c(I)cc1N. The summed E-state index contributed by atoms with van der Waals surface area (Å²) in [5, 5.41) is 3.22. The van der Waals surface area contributed by atoms with Gasteiger partial charge in [-0.25, -0.2) is 4.39 Å². The number of rotatable bonds is 6. The fourth-order valence-electron chi connectivity index (χ4n) is 1.65. The number of ether oxygens (including phenoxy) is 1. The molecule has 0 saturated heterocycles. The smallest absolute Gasteiger partial charge is 0.138 e. The number of hydrogen-bond acceptors (Lipinski definition) is 3. The number of methoxy groups -OCH3 is 1. The maximum Gasteiger partial charge on any atom is 0.138 e. The Hall–Kier alpha value is -0.560. The first-order valence-corrected chi connectivity index (χ1v) is 6.66. The Kier molecular flexibility index (Phi) is 5.97. The number of anilines is 2. The van der Waals surface area contributed by atoms with Gasteiger partial charge < -0.3 is 15.8 Å². The minimum absolute atomic E-state index is 0.159. The summed E-state index contributed by atoms with van der Waals surface area (Å²) in [5.74, 6) is -0.255. The standard InChI is InChI=1S/C12H18FIN2O/c1-3-4-8(7-17-2)16-12-5-9(13)10(14)6-11(12)15/h5-6,8,16H,3-4,7,15H2,1-2H3. The van der Waals surface area contributed by atoms with Gasteiger partial charge in [-0.3, -0.25) is 0 Å². The minimum atomic E-state index is -0.255. The Labute approximate surface area is 115 Å². The summed E-state index contributed by atoms with van der Waals surface area (Å²) in [4.78, 5) is 0. The maximum atomic E-state index is 13.4. The van der Waals surface area contributed by atoms with Crippen molar-refractivity contribution in [2.75, 3.05) is 24.8 Å². The van der Waals surface area contributed by atoms with Crippen molar-refractivity contribution in [3.8, 4) is 0 Å². The number of hydrogen-bond donors (Lipinski definition) is 2. The predicted octanol–water partition coefficient (Wildman–Crippen LogP) is 3.24. The Morgan fingerprint density at radius 1 is 1.53 bits per heavy atom. The second kappa shape index (κ2) is 7.00. The fourth-order valence-corrected chi connectivity index (χ4v) is 2.15. The maximum absolute atomic E-state index is 13.4. The van der Waals surface area contributed by atoms with Crippen LogP contribution in [0.4, 0.5) is 15.8 Å². The molecule has 0 aliphatic carbocycles. The van der Waals surface area contributed by atoms with Crippen molar-refractivity contribution in [1.82, 2.24) is 0 Å². The molecule has 0 fully saturated rings. The van der Waals surface area contributed by atoms with Crippen molar-refractivity contribution in [3.63, 3.8) is 0 Å². The zero-order chi connectivity index (χ0) is 12.8. The molecule has 0 heterocycles. The summed E-state index contributed by atoms with van der Waals surface area (Å²) < 4.78 is 19.1. The van der Waals surface area contributed by atoms with Crippen molar-refractivity contribution >= 4 is 34.0 Å². The highest BCUT2D eigenvalue weighted by Crippen LogP contribution is 2.25. The molecule has 1 aromatic carbocycles. The summed E-state index contributed by atoms with van der Waals surface area (Å²) in [6.45, 7) is 2.68. The Bertz CT molecular complexity index is 368. The molecule has 0 aromatic heterocycles. The van der Waals surface area contributed by atoms with Crippen LogP contribution in [0.5, 0.6) is 0 Å². The van der Waals surface area contributed by atoms with Gasteiger partial charge in [0.25, 0.3) is 0 Å². The molecule has 0 aliphatic heterocycles. The lowest BCUT2D eigenvalue weighted by atomic mass is 10.1. The van der Waals surface area contributed by atoms with Crippen molar-refractivity contribution in [1.29, 1.82) is 0 Å². The summed E-state index contributed by atoms with van der Waals surface area (Å²) in [6, 6.07) is 3.23. The zero-order valence-electron chi connectivity index (χ0n) is 10.1. The van der Waals surface area contributed by atoms with Crippen LogP contribution in [-0.2, 0) is 4.74 Å². The van der Waals surface area contributed by atoms with Crippen LogP contribution in [0.15, 0.2) is 12.1 Å². The molecule has 0 bridgehead atoms. The van der Waals surface area contributed by atoms with E-state index in [1.165, 1.54) is 6.07 Å². The lowest BCUT2D eigenvalue weighted by molar-refractivity contribution is 0.182. The van der Waals surface area contributed by atoms with Gasteiger partial charge in [-0.05, 0) is 35.1 Å². The highest BCUT2D eigenvalue weighted by molar-refractivity contribution is 14.1. The minimum Gasteiger partial charge on any atom is -0.397 e. The molecule has 0 amide bonds. The van der Waals surface area contributed by atoms with Crippen LogP contribution >= 0.6 is 22.6 Å². The lowest BCUT2D eigenvalue weighted by Crippen LogP contribution is -2.25. The Morgan fingerprint density at radius 2 is 2.24 bits per heavy atom. The second-order valence-electron chi connectivity index (χ2n) is 3.94. The number of nitrogens with one attached hydrogen (secondary N) is 1.